The molecule has 0 atom stereocenters. The molecule has 9 heteroatoms. The van der Waals surface area contributed by atoms with Gasteiger partial charge in [0.2, 0.25) is 15.6 Å². The number of nitrogens with zero attached hydrogens (tertiary/aromatic N) is 3. The maximum Gasteiger partial charge on any atom is 0.233 e. The van der Waals surface area contributed by atoms with Gasteiger partial charge in [0.1, 0.15) is 4.90 Å². The van der Waals surface area contributed by atoms with Gasteiger partial charge in [-0.2, -0.15) is 0 Å². The third kappa shape index (κ3) is 4.04. The number of sulfone groups is 1. The van der Waals surface area contributed by atoms with Crippen molar-refractivity contribution >= 4 is 21.4 Å². The van der Waals surface area contributed by atoms with Gasteiger partial charge in [0, 0.05) is 31.2 Å². The number of carbonyl (C=O) groups excluding carboxylic acids is 1. The molecule has 0 aliphatic rings. The maximum absolute atomic E-state index is 13.9. The summed E-state index contributed by atoms with van der Waals surface area (Å²) in [6.45, 7) is 0. The molecule has 31 heavy (non-hydrogen) atoms. The zero-order valence-electron chi connectivity index (χ0n) is 16.5. The second kappa shape index (κ2) is 8.27. The van der Waals surface area contributed by atoms with Gasteiger partial charge in [-0.1, -0.05) is 18.2 Å². The van der Waals surface area contributed by atoms with Crippen LogP contribution in [0.3, 0.4) is 0 Å². The summed E-state index contributed by atoms with van der Waals surface area (Å²) in [5.41, 5.74) is 1.28. The van der Waals surface area contributed by atoms with E-state index >= 15 is 0 Å². The lowest BCUT2D eigenvalue weighted by molar-refractivity contribution is 0.0982. The Morgan fingerprint density at radius 3 is 2.65 bits per heavy atom. The van der Waals surface area contributed by atoms with Crippen molar-refractivity contribution in [1.82, 2.24) is 14.4 Å². The minimum Gasteiger partial charge on any atom is -0.492 e. The van der Waals surface area contributed by atoms with Gasteiger partial charge in [0.05, 0.1) is 17.6 Å². The first-order chi connectivity index (χ1) is 14.9. The molecule has 2 aromatic carbocycles. The van der Waals surface area contributed by atoms with Gasteiger partial charge in [-0.25, -0.2) is 22.8 Å². The summed E-state index contributed by atoms with van der Waals surface area (Å²) in [5.74, 6) is -0.629. The topological polar surface area (TPSA) is 90.6 Å². The molecule has 4 rings (SSSR count). The molecule has 0 aliphatic carbocycles. The van der Waals surface area contributed by atoms with Crippen LogP contribution in [0.25, 0.3) is 5.78 Å². The molecule has 0 spiro atoms. The SMILES string of the molecule is COc1c(F)cccc1S(=O)(=O)c1ccc(CCC(=O)c2cnc3nccn3c2)cc1. The van der Waals surface area contributed by atoms with Gasteiger partial charge in [-0.3, -0.25) is 9.20 Å². The van der Waals surface area contributed by atoms with E-state index in [-0.39, 0.29) is 27.7 Å². The molecular weight excluding hydrogens is 421 g/mol. The van der Waals surface area contributed by atoms with Crippen LogP contribution in [0.4, 0.5) is 4.39 Å². The molecule has 7 nitrogen and oxygen atoms in total. The highest BCUT2D eigenvalue weighted by Gasteiger charge is 2.24. The van der Waals surface area contributed by atoms with Gasteiger partial charge in [-0.05, 0) is 36.2 Å². The summed E-state index contributed by atoms with van der Waals surface area (Å²) >= 11 is 0. The van der Waals surface area contributed by atoms with Gasteiger partial charge < -0.3 is 4.74 Å². The number of hydrogen-bond acceptors (Lipinski definition) is 6. The second-order valence-corrected chi connectivity index (χ2v) is 8.74. The second-order valence-electron chi connectivity index (χ2n) is 6.82. The molecule has 0 amide bonds. The van der Waals surface area contributed by atoms with Gasteiger partial charge in [0.15, 0.2) is 17.3 Å². The first-order valence-corrected chi connectivity index (χ1v) is 10.9. The van der Waals surface area contributed by atoms with Crippen LogP contribution in [-0.2, 0) is 16.3 Å². The highest BCUT2D eigenvalue weighted by Crippen LogP contribution is 2.31. The lowest BCUT2D eigenvalue weighted by atomic mass is 10.0. The number of aryl methyl sites for hydroxylation is 1. The van der Waals surface area contributed by atoms with Crippen LogP contribution >= 0.6 is 0 Å². The van der Waals surface area contributed by atoms with Crippen LogP contribution in [0, 0.1) is 5.82 Å². The molecule has 0 bridgehead atoms. The van der Waals surface area contributed by atoms with Gasteiger partial charge in [0.25, 0.3) is 0 Å². The van der Waals surface area contributed by atoms with E-state index in [1.54, 1.807) is 35.1 Å². The van der Waals surface area contributed by atoms with Crippen LogP contribution in [0.15, 0.2) is 77.0 Å². The number of ether oxygens (including phenoxy) is 1. The number of hydrogen-bond donors (Lipinski definition) is 0. The lowest BCUT2D eigenvalue weighted by Crippen LogP contribution is -2.06. The summed E-state index contributed by atoms with van der Waals surface area (Å²) < 4.78 is 46.3. The van der Waals surface area contributed by atoms with Crippen molar-refractivity contribution in [3.05, 3.63) is 84.2 Å². The number of Topliss-reactive ketones (excluding diaryl/α,β-unsaturated/α-hetero) is 1. The van der Waals surface area contributed by atoms with Gasteiger partial charge in [-0.15, -0.1) is 0 Å². The Hall–Kier alpha value is -3.59. The van der Waals surface area contributed by atoms with Gasteiger partial charge >= 0.3 is 0 Å². The van der Waals surface area contributed by atoms with E-state index in [4.69, 9.17) is 4.74 Å². The molecule has 0 fully saturated rings. The fourth-order valence-electron chi connectivity index (χ4n) is 3.22. The molecule has 0 radical (unpaired) electrons. The zero-order chi connectivity index (χ0) is 22.0. The normalized spacial score (nSPS) is 11.5. The van der Waals surface area contributed by atoms with E-state index in [1.165, 1.54) is 37.6 Å². The average Bonchev–Trinajstić information content (AvgIpc) is 3.25. The largest absolute Gasteiger partial charge is 0.492 e. The Bertz CT molecular complexity index is 1370. The van der Waals surface area contributed by atoms with E-state index in [9.17, 15) is 17.6 Å². The van der Waals surface area contributed by atoms with Crippen molar-refractivity contribution in [2.24, 2.45) is 0 Å². The Balaban J connectivity index is 1.49. The molecule has 158 valence electrons. The molecule has 0 aliphatic heterocycles. The van der Waals surface area contributed by atoms with Crippen LogP contribution in [0.1, 0.15) is 22.3 Å². The molecular formula is C22H18FN3O4S. The summed E-state index contributed by atoms with van der Waals surface area (Å²) in [6, 6.07) is 9.93. The summed E-state index contributed by atoms with van der Waals surface area (Å²) in [5, 5.41) is 0. The smallest absolute Gasteiger partial charge is 0.233 e. The molecule has 2 heterocycles. The number of aromatic nitrogens is 3. The zero-order valence-corrected chi connectivity index (χ0v) is 17.3. The van der Waals surface area contributed by atoms with Crippen molar-refractivity contribution in [2.45, 2.75) is 22.6 Å². The van der Waals surface area contributed by atoms with E-state index < -0.39 is 15.7 Å². The molecule has 2 aromatic heterocycles. The summed E-state index contributed by atoms with van der Waals surface area (Å²) in [6.07, 6.45) is 7.17. The number of rotatable bonds is 7. The molecule has 0 unspecified atom stereocenters. The fraction of sp³-hybridized carbons (Fsp3) is 0.136. The van der Waals surface area contributed by atoms with Crippen molar-refractivity contribution in [3.8, 4) is 5.75 Å². The number of benzene rings is 2. The maximum atomic E-state index is 13.9. The Morgan fingerprint density at radius 1 is 1.13 bits per heavy atom. The molecule has 4 aromatic rings. The monoisotopic (exact) mass is 439 g/mol. The number of fused-ring (bicyclic) bond motifs is 1. The van der Waals surface area contributed by atoms with Crippen LogP contribution in [0.5, 0.6) is 5.75 Å². The van der Waals surface area contributed by atoms with E-state index in [0.29, 0.717) is 17.8 Å². The van der Waals surface area contributed by atoms with E-state index in [0.717, 1.165) is 11.6 Å². The summed E-state index contributed by atoms with van der Waals surface area (Å²) in [4.78, 5) is 20.4. The minimum absolute atomic E-state index is 0.0150. The van der Waals surface area contributed by atoms with Crippen molar-refractivity contribution < 1.29 is 22.3 Å². The number of halogens is 1. The number of methoxy groups -OCH3 is 1. The quantitative estimate of drug-likeness (QED) is 0.409. The number of para-hydroxylation sites is 1. The standard InChI is InChI=1S/C22H18FN3O4S/c1-30-21-18(23)3-2-4-20(21)31(28,29)17-8-5-15(6-9-17)7-10-19(27)16-13-25-22-24-11-12-26(22)14-16/h2-6,8-9,11-14H,7,10H2,1H3. The Labute approximate surface area is 178 Å². The predicted molar refractivity (Wildman–Crippen MR) is 110 cm³/mol. The van der Waals surface area contributed by atoms with Crippen LogP contribution in [-0.4, -0.2) is 35.7 Å². The third-order valence-electron chi connectivity index (χ3n) is 4.87. The van der Waals surface area contributed by atoms with Crippen molar-refractivity contribution in [3.63, 3.8) is 0 Å². The average molecular weight is 439 g/mol. The number of carbonyl (C=O) groups is 1. The van der Waals surface area contributed by atoms with Crippen molar-refractivity contribution in [2.75, 3.05) is 7.11 Å². The Kier molecular flexibility index (Phi) is 5.51. The molecule has 0 saturated carbocycles. The highest BCUT2D eigenvalue weighted by molar-refractivity contribution is 7.91. The molecule has 0 saturated heterocycles. The Morgan fingerprint density at radius 2 is 1.90 bits per heavy atom. The van der Waals surface area contributed by atoms with E-state index in [2.05, 4.69) is 9.97 Å². The fourth-order valence-corrected chi connectivity index (χ4v) is 4.65. The number of imidazole rings is 1. The van der Waals surface area contributed by atoms with E-state index in [1.807, 2.05) is 0 Å². The molecule has 0 N–H and O–H groups in total. The van der Waals surface area contributed by atoms with Crippen molar-refractivity contribution in [1.29, 1.82) is 0 Å². The highest BCUT2D eigenvalue weighted by atomic mass is 32.2. The predicted octanol–water partition coefficient (Wildman–Crippen LogP) is 3.53. The van der Waals surface area contributed by atoms with Crippen LogP contribution < -0.4 is 4.74 Å². The van der Waals surface area contributed by atoms with Crippen LogP contribution in [0.2, 0.25) is 0 Å². The first kappa shape index (κ1) is 20.7. The third-order valence-corrected chi connectivity index (χ3v) is 6.66. The lowest BCUT2D eigenvalue weighted by Gasteiger charge is -2.11. The minimum atomic E-state index is -3.96. The summed E-state index contributed by atoms with van der Waals surface area (Å²) in [7, 11) is -2.74. The number of ketones is 1. The first-order valence-electron chi connectivity index (χ1n) is 9.38.